The maximum atomic E-state index is 12.2. The molecule has 1 unspecified atom stereocenters. The summed E-state index contributed by atoms with van der Waals surface area (Å²) >= 11 is 1.26. The first-order valence-electron chi connectivity index (χ1n) is 7.48. The van der Waals surface area contributed by atoms with E-state index in [1.165, 1.54) is 18.4 Å². The molecule has 1 fully saturated rings. The smallest absolute Gasteiger partial charge is 0.350 e. The Morgan fingerprint density at radius 1 is 1.43 bits per heavy atom. The van der Waals surface area contributed by atoms with Crippen LogP contribution >= 0.6 is 23.7 Å². The summed E-state index contributed by atoms with van der Waals surface area (Å²) in [6.45, 7) is 2.36. The molecule has 0 aliphatic carbocycles. The van der Waals surface area contributed by atoms with Crippen LogP contribution in [0.5, 0.6) is 0 Å². The van der Waals surface area contributed by atoms with Crippen LogP contribution in [0, 0.1) is 0 Å². The third kappa shape index (κ3) is 5.76. The number of carbonyl (C=O) groups is 2. The van der Waals surface area contributed by atoms with Crippen LogP contribution in [0.25, 0.3) is 0 Å². The Morgan fingerprint density at radius 2 is 2.22 bits per heavy atom. The number of hydrogen-bond acceptors (Lipinski definition) is 6. The maximum Gasteiger partial charge on any atom is 0.350 e. The fraction of sp³-hybridized carbons (Fsp3) is 0.600. The monoisotopic (exact) mass is 361 g/mol. The number of rotatable bonds is 5. The number of amides is 1. The third-order valence-corrected chi connectivity index (χ3v) is 4.77. The van der Waals surface area contributed by atoms with Crippen molar-refractivity contribution in [2.24, 2.45) is 0 Å². The second kappa shape index (κ2) is 9.87. The number of likely N-dealkylation sites (N-methyl/N-ethyl adjacent to an activating group) is 1. The van der Waals surface area contributed by atoms with Gasteiger partial charge in [-0.3, -0.25) is 9.69 Å². The molecule has 1 saturated heterocycles. The highest BCUT2D eigenvalue weighted by Gasteiger charge is 2.20. The first kappa shape index (κ1) is 19.9. The lowest BCUT2D eigenvalue weighted by atomic mass is 10.1. The molecule has 23 heavy (non-hydrogen) atoms. The molecule has 1 aromatic heterocycles. The minimum Gasteiger partial charge on any atom is -0.465 e. The van der Waals surface area contributed by atoms with Crippen molar-refractivity contribution < 1.29 is 14.3 Å². The van der Waals surface area contributed by atoms with Crippen molar-refractivity contribution in [2.45, 2.75) is 25.3 Å². The van der Waals surface area contributed by atoms with Crippen molar-refractivity contribution in [1.82, 2.24) is 10.2 Å². The average molecular weight is 362 g/mol. The molecule has 8 heteroatoms. The van der Waals surface area contributed by atoms with Crippen molar-refractivity contribution in [2.75, 3.05) is 39.1 Å². The van der Waals surface area contributed by atoms with E-state index < -0.39 is 5.97 Å². The van der Waals surface area contributed by atoms with Gasteiger partial charge in [-0.2, -0.15) is 0 Å². The van der Waals surface area contributed by atoms with Crippen molar-refractivity contribution in [1.29, 1.82) is 0 Å². The van der Waals surface area contributed by atoms with Crippen LogP contribution in [0.15, 0.2) is 11.4 Å². The van der Waals surface area contributed by atoms with Crippen LogP contribution in [-0.4, -0.2) is 56.6 Å². The van der Waals surface area contributed by atoms with E-state index in [0.717, 1.165) is 32.4 Å². The van der Waals surface area contributed by atoms with Gasteiger partial charge in [0.2, 0.25) is 5.91 Å². The van der Waals surface area contributed by atoms with Crippen LogP contribution in [0.1, 0.15) is 28.9 Å². The highest BCUT2D eigenvalue weighted by atomic mass is 35.5. The number of halogens is 1. The number of nitrogens with zero attached hydrogens (tertiary/aromatic N) is 1. The van der Waals surface area contributed by atoms with E-state index in [4.69, 9.17) is 4.74 Å². The Morgan fingerprint density at radius 3 is 2.96 bits per heavy atom. The summed E-state index contributed by atoms with van der Waals surface area (Å²) in [6, 6.07) is 2.15. The Kier molecular flexibility index (Phi) is 8.54. The van der Waals surface area contributed by atoms with Gasteiger partial charge in [0.15, 0.2) is 0 Å². The van der Waals surface area contributed by atoms with Gasteiger partial charge in [-0.1, -0.05) is 0 Å². The summed E-state index contributed by atoms with van der Waals surface area (Å²) < 4.78 is 4.71. The maximum absolute atomic E-state index is 12.2. The lowest BCUT2D eigenvalue weighted by Gasteiger charge is -2.26. The number of esters is 1. The van der Waals surface area contributed by atoms with Gasteiger partial charge in [-0.05, 0) is 50.8 Å². The molecule has 0 spiro atoms. The van der Waals surface area contributed by atoms with Crippen LogP contribution in [-0.2, 0) is 9.53 Å². The van der Waals surface area contributed by atoms with Gasteiger partial charge in [-0.25, -0.2) is 4.79 Å². The number of carbonyl (C=O) groups excluding carboxylic acids is 2. The van der Waals surface area contributed by atoms with E-state index in [1.54, 1.807) is 11.4 Å². The van der Waals surface area contributed by atoms with Crippen molar-refractivity contribution in [3.05, 3.63) is 16.3 Å². The molecule has 0 aromatic carbocycles. The predicted octanol–water partition coefficient (Wildman–Crippen LogP) is 1.97. The number of ether oxygens (including phenoxy) is 1. The summed E-state index contributed by atoms with van der Waals surface area (Å²) in [4.78, 5) is 26.3. The molecule has 0 saturated carbocycles. The van der Waals surface area contributed by atoms with Gasteiger partial charge < -0.3 is 15.4 Å². The predicted molar refractivity (Wildman–Crippen MR) is 94.7 cm³/mol. The minimum absolute atomic E-state index is 0. The molecule has 130 valence electrons. The number of thiophene rings is 1. The van der Waals surface area contributed by atoms with E-state index in [0.29, 0.717) is 23.2 Å². The number of methoxy groups -OCH3 is 1. The lowest BCUT2D eigenvalue weighted by molar-refractivity contribution is -0.117. The molecule has 2 heterocycles. The van der Waals surface area contributed by atoms with Gasteiger partial charge in [0.25, 0.3) is 0 Å². The fourth-order valence-electron chi connectivity index (χ4n) is 2.65. The lowest BCUT2D eigenvalue weighted by Crippen LogP contribution is -2.38. The number of nitrogens with one attached hydrogen (secondary N) is 2. The second-order valence-electron chi connectivity index (χ2n) is 5.45. The van der Waals surface area contributed by atoms with Crippen molar-refractivity contribution >= 4 is 41.3 Å². The highest BCUT2D eigenvalue weighted by molar-refractivity contribution is 7.12. The molecule has 2 N–H and O–H groups in total. The topological polar surface area (TPSA) is 70.7 Å². The molecule has 0 bridgehead atoms. The largest absolute Gasteiger partial charge is 0.465 e. The van der Waals surface area contributed by atoms with Gasteiger partial charge in [0.1, 0.15) is 4.88 Å². The molecule has 0 radical (unpaired) electrons. The molecule has 6 nitrogen and oxygen atoms in total. The molecule has 2 rings (SSSR count). The second-order valence-corrected chi connectivity index (χ2v) is 6.37. The molecule has 1 amide bonds. The summed E-state index contributed by atoms with van der Waals surface area (Å²) in [7, 11) is 3.31. The van der Waals surface area contributed by atoms with Gasteiger partial charge in [-0.15, -0.1) is 23.7 Å². The molecular formula is C15H24ClN3O3S. The van der Waals surface area contributed by atoms with E-state index in [-0.39, 0.29) is 18.3 Å². The van der Waals surface area contributed by atoms with E-state index in [1.807, 2.05) is 7.05 Å². The first-order valence-corrected chi connectivity index (χ1v) is 8.36. The minimum atomic E-state index is -0.423. The Hall–Kier alpha value is -1.15. The van der Waals surface area contributed by atoms with Crippen LogP contribution < -0.4 is 10.6 Å². The zero-order chi connectivity index (χ0) is 15.9. The normalized spacial score (nSPS) is 18.0. The number of anilines is 1. The summed E-state index contributed by atoms with van der Waals surface area (Å²) in [5.41, 5.74) is 0.526. The first-order chi connectivity index (χ1) is 10.6. The zero-order valence-electron chi connectivity index (χ0n) is 13.5. The molecular weight excluding hydrogens is 338 g/mol. The molecule has 1 atom stereocenters. The summed E-state index contributed by atoms with van der Waals surface area (Å²) in [5.74, 6) is -0.531. The SMILES string of the molecule is COC(=O)c1sccc1NC(=O)CN(C)C1CCCNCC1.Cl. The van der Waals surface area contributed by atoms with Gasteiger partial charge in [0, 0.05) is 6.04 Å². The zero-order valence-corrected chi connectivity index (χ0v) is 15.1. The van der Waals surface area contributed by atoms with Crippen molar-refractivity contribution in [3.8, 4) is 0 Å². The Labute approximate surface area is 147 Å². The van der Waals surface area contributed by atoms with Crippen molar-refractivity contribution in [3.63, 3.8) is 0 Å². The average Bonchev–Trinajstić information content (AvgIpc) is 2.78. The van der Waals surface area contributed by atoms with Crippen LogP contribution in [0.4, 0.5) is 5.69 Å². The number of hydrogen-bond donors (Lipinski definition) is 2. The Bertz CT molecular complexity index is 516. The van der Waals surface area contributed by atoms with E-state index >= 15 is 0 Å². The molecule has 1 aromatic rings. The summed E-state index contributed by atoms with van der Waals surface area (Å²) in [6.07, 6.45) is 3.28. The highest BCUT2D eigenvalue weighted by Crippen LogP contribution is 2.23. The molecule has 1 aliphatic heterocycles. The van der Waals surface area contributed by atoms with Crippen LogP contribution in [0.2, 0.25) is 0 Å². The fourth-order valence-corrected chi connectivity index (χ4v) is 3.41. The Balaban J connectivity index is 0.00000264. The van der Waals surface area contributed by atoms with E-state index in [9.17, 15) is 9.59 Å². The quantitative estimate of drug-likeness (QED) is 0.784. The van der Waals surface area contributed by atoms with Gasteiger partial charge in [0.05, 0.1) is 19.3 Å². The van der Waals surface area contributed by atoms with Crippen LogP contribution in [0.3, 0.4) is 0 Å². The standard InChI is InChI=1S/C15H23N3O3S.ClH/c1-18(11-4-3-7-16-8-5-11)10-13(19)17-12-6-9-22-14(12)15(20)21-2;/h6,9,11,16H,3-5,7-8,10H2,1-2H3,(H,17,19);1H. The van der Waals surface area contributed by atoms with Gasteiger partial charge >= 0.3 is 5.97 Å². The molecule has 1 aliphatic rings. The van der Waals surface area contributed by atoms with E-state index in [2.05, 4.69) is 15.5 Å². The third-order valence-electron chi connectivity index (χ3n) is 3.87. The summed E-state index contributed by atoms with van der Waals surface area (Å²) in [5, 5.41) is 7.94.